The highest BCUT2D eigenvalue weighted by molar-refractivity contribution is 6.04. The number of nitrogens with one attached hydrogen (secondary N) is 1. The molecule has 31 heavy (non-hydrogen) atoms. The number of halogens is 7. The quantitative estimate of drug-likeness (QED) is 0.569. The third kappa shape index (κ3) is 4.50. The Morgan fingerprint density at radius 2 is 1.68 bits per heavy atom. The highest BCUT2D eigenvalue weighted by Crippen LogP contribution is 2.37. The van der Waals surface area contributed by atoms with Crippen LogP contribution in [0.15, 0.2) is 48.5 Å². The zero-order valence-corrected chi connectivity index (χ0v) is 15.0. The smallest absolute Gasteiger partial charge is 0.322 e. The first-order valence-electron chi connectivity index (χ1n) is 8.26. The molecule has 5 nitrogen and oxygen atoms in total. The predicted molar refractivity (Wildman–Crippen MR) is 92.6 cm³/mol. The minimum Gasteiger partial charge on any atom is -0.322 e. The lowest BCUT2D eigenvalue weighted by Gasteiger charge is -2.13. The molecule has 0 aliphatic heterocycles. The molecule has 1 heterocycles. The Balaban J connectivity index is 2.03. The first kappa shape index (κ1) is 21.8. The lowest BCUT2D eigenvalue weighted by Crippen LogP contribution is -2.16. The van der Waals surface area contributed by atoms with Crippen molar-refractivity contribution < 1.29 is 35.5 Å². The first-order valence-corrected chi connectivity index (χ1v) is 8.26. The van der Waals surface area contributed by atoms with Gasteiger partial charge in [-0.1, -0.05) is 12.1 Å². The van der Waals surface area contributed by atoms with Crippen LogP contribution in [0, 0.1) is 17.1 Å². The molecular formula is C19H9F7N4O. The monoisotopic (exact) mass is 442 g/mol. The zero-order chi connectivity index (χ0) is 23.0. The molecule has 0 radical (unpaired) electrons. The van der Waals surface area contributed by atoms with Crippen LogP contribution in [-0.2, 0) is 12.4 Å². The van der Waals surface area contributed by atoms with Crippen LogP contribution in [0.4, 0.5) is 36.4 Å². The molecule has 12 heteroatoms. The van der Waals surface area contributed by atoms with E-state index in [-0.39, 0.29) is 22.0 Å². The minimum absolute atomic E-state index is 0.0379. The first-order chi connectivity index (χ1) is 14.4. The largest absolute Gasteiger partial charge is 0.435 e. The van der Waals surface area contributed by atoms with E-state index in [4.69, 9.17) is 0 Å². The molecule has 160 valence electrons. The van der Waals surface area contributed by atoms with Gasteiger partial charge >= 0.3 is 12.4 Å². The second-order valence-corrected chi connectivity index (χ2v) is 6.10. The normalized spacial score (nSPS) is 11.8. The van der Waals surface area contributed by atoms with Crippen LogP contribution in [0.25, 0.3) is 5.69 Å². The summed E-state index contributed by atoms with van der Waals surface area (Å²) < 4.78 is 92.0. The molecular weight excluding hydrogens is 433 g/mol. The molecule has 0 saturated heterocycles. The van der Waals surface area contributed by atoms with Gasteiger partial charge in [-0.2, -0.15) is 36.7 Å². The van der Waals surface area contributed by atoms with Crippen LogP contribution in [0.1, 0.15) is 27.3 Å². The van der Waals surface area contributed by atoms with Gasteiger partial charge in [0, 0.05) is 11.8 Å². The molecule has 1 aromatic heterocycles. The van der Waals surface area contributed by atoms with Crippen molar-refractivity contribution in [3.63, 3.8) is 0 Å². The van der Waals surface area contributed by atoms with Crippen LogP contribution in [0.5, 0.6) is 0 Å². The molecule has 1 N–H and O–H groups in total. The Morgan fingerprint density at radius 3 is 2.26 bits per heavy atom. The van der Waals surface area contributed by atoms with Crippen molar-refractivity contribution in [3.05, 3.63) is 76.9 Å². The highest BCUT2D eigenvalue weighted by atomic mass is 19.4. The van der Waals surface area contributed by atoms with E-state index in [2.05, 4.69) is 10.4 Å². The number of aromatic nitrogens is 2. The van der Waals surface area contributed by atoms with Crippen molar-refractivity contribution >= 4 is 11.6 Å². The summed E-state index contributed by atoms with van der Waals surface area (Å²) in [6, 6.07) is 9.22. The molecule has 0 atom stereocenters. The van der Waals surface area contributed by atoms with Gasteiger partial charge in [0.1, 0.15) is 17.6 Å². The van der Waals surface area contributed by atoms with Crippen LogP contribution < -0.4 is 5.32 Å². The van der Waals surface area contributed by atoms with Gasteiger partial charge in [-0.15, -0.1) is 0 Å². The number of rotatable bonds is 3. The summed E-state index contributed by atoms with van der Waals surface area (Å²) in [4.78, 5) is 12.2. The van der Waals surface area contributed by atoms with Crippen molar-refractivity contribution in [1.82, 2.24) is 9.78 Å². The highest BCUT2D eigenvalue weighted by Gasteiger charge is 2.42. The summed E-state index contributed by atoms with van der Waals surface area (Å²) >= 11 is 0. The van der Waals surface area contributed by atoms with Crippen molar-refractivity contribution in [2.75, 3.05) is 5.32 Å². The van der Waals surface area contributed by atoms with Crippen molar-refractivity contribution in [2.45, 2.75) is 12.4 Å². The molecule has 1 amide bonds. The van der Waals surface area contributed by atoms with Gasteiger partial charge in [0.05, 0.1) is 16.8 Å². The summed E-state index contributed by atoms with van der Waals surface area (Å²) in [7, 11) is 0. The average molecular weight is 442 g/mol. The number of amides is 1. The van der Waals surface area contributed by atoms with E-state index in [1.807, 2.05) is 0 Å². The maximum Gasteiger partial charge on any atom is 0.435 e. The second-order valence-electron chi connectivity index (χ2n) is 6.10. The number of hydrogen-bond donors (Lipinski definition) is 1. The van der Waals surface area contributed by atoms with E-state index in [0.717, 1.165) is 24.3 Å². The number of alkyl halides is 6. The third-order valence-electron chi connectivity index (χ3n) is 4.01. The molecule has 0 bridgehead atoms. The van der Waals surface area contributed by atoms with Crippen molar-refractivity contribution in [1.29, 1.82) is 5.26 Å². The maximum absolute atomic E-state index is 13.7. The number of carbonyl (C=O) groups excluding carboxylic acids is 1. The Labute approximate surface area is 169 Å². The van der Waals surface area contributed by atoms with Crippen LogP contribution in [-0.4, -0.2) is 15.7 Å². The SMILES string of the molecule is N#Cc1cc(NC(=O)c2ccccc2F)ccc1-n1nc(C(F)(F)F)cc1C(F)(F)F. The van der Waals surface area contributed by atoms with Gasteiger partial charge in [-0.3, -0.25) is 4.79 Å². The molecule has 0 aliphatic carbocycles. The fraction of sp³-hybridized carbons (Fsp3) is 0.105. The second kappa shape index (κ2) is 7.75. The number of nitriles is 1. The van der Waals surface area contributed by atoms with Gasteiger partial charge in [-0.25, -0.2) is 9.07 Å². The Hall–Kier alpha value is -3.88. The van der Waals surface area contributed by atoms with Gasteiger partial charge in [0.15, 0.2) is 5.69 Å². The average Bonchev–Trinajstić information content (AvgIpc) is 3.14. The summed E-state index contributed by atoms with van der Waals surface area (Å²) in [5.41, 5.74) is -5.04. The number of anilines is 1. The van der Waals surface area contributed by atoms with Crippen molar-refractivity contribution in [3.8, 4) is 11.8 Å². The molecule has 0 aliphatic rings. The Bertz CT molecular complexity index is 1190. The Kier molecular flexibility index (Phi) is 5.45. The van der Waals surface area contributed by atoms with E-state index in [1.54, 1.807) is 6.07 Å². The van der Waals surface area contributed by atoms with E-state index in [9.17, 15) is 40.8 Å². The van der Waals surface area contributed by atoms with Gasteiger partial charge < -0.3 is 5.32 Å². The van der Waals surface area contributed by atoms with Crippen LogP contribution >= 0.6 is 0 Å². The molecule has 0 fully saturated rings. The molecule has 2 aromatic carbocycles. The van der Waals surface area contributed by atoms with Crippen molar-refractivity contribution in [2.24, 2.45) is 0 Å². The summed E-state index contributed by atoms with van der Waals surface area (Å²) in [6.45, 7) is 0. The predicted octanol–water partition coefficient (Wildman–Crippen LogP) is 5.17. The van der Waals surface area contributed by atoms with Gasteiger partial charge in [0.25, 0.3) is 5.91 Å². The molecule has 3 aromatic rings. The number of hydrogen-bond acceptors (Lipinski definition) is 3. The van der Waals surface area contributed by atoms with E-state index < -0.39 is 46.7 Å². The van der Waals surface area contributed by atoms with Crippen LogP contribution in [0.2, 0.25) is 0 Å². The van der Waals surface area contributed by atoms with E-state index in [1.165, 1.54) is 18.2 Å². The number of benzene rings is 2. The minimum atomic E-state index is -5.19. The van der Waals surface area contributed by atoms with E-state index >= 15 is 0 Å². The van der Waals surface area contributed by atoms with Crippen LogP contribution in [0.3, 0.4) is 0 Å². The number of nitrogens with zero attached hydrogens (tertiary/aromatic N) is 3. The fourth-order valence-corrected chi connectivity index (χ4v) is 2.64. The summed E-state index contributed by atoms with van der Waals surface area (Å²) in [5.74, 6) is -1.73. The molecule has 0 unspecified atom stereocenters. The fourth-order valence-electron chi connectivity index (χ4n) is 2.64. The summed E-state index contributed by atoms with van der Waals surface area (Å²) in [6.07, 6.45) is -10.3. The zero-order valence-electron chi connectivity index (χ0n) is 15.0. The van der Waals surface area contributed by atoms with Gasteiger partial charge in [0.2, 0.25) is 0 Å². The third-order valence-corrected chi connectivity index (χ3v) is 4.01. The lowest BCUT2D eigenvalue weighted by atomic mass is 10.1. The summed E-state index contributed by atoms with van der Waals surface area (Å²) in [5, 5.41) is 14.5. The lowest BCUT2D eigenvalue weighted by molar-refractivity contribution is -0.143. The molecule has 0 spiro atoms. The Morgan fingerprint density at radius 1 is 1.00 bits per heavy atom. The topological polar surface area (TPSA) is 70.7 Å². The number of carbonyl (C=O) groups is 1. The molecule has 3 rings (SSSR count). The standard InChI is InChI=1S/C19H9F7N4O/c20-13-4-2-1-3-12(13)17(31)28-11-5-6-14(10(7-11)9-27)30-16(19(24,25)26)8-15(29-30)18(21,22)23/h1-8H,(H,28,31). The molecule has 0 saturated carbocycles. The van der Waals surface area contributed by atoms with Gasteiger partial charge in [-0.05, 0) is 30.3 Å². The van der Waals surface area contributed by atoms with E-state index in [0.29, 0.717) is 0 Å². The maximum atomic E-state index is 13.7.